The highest BCUT2D eigenvalue weighted by Gasteiger charge is 2.18. The summed E-state index contributed by atoms with van der Waals surface area (Å²) in [5.74, 6) is -0.742. The van der Waals surface area contributed by atoms with Crippen LogP contribution in [0.3, 0.4) is 0 Å². The fourth-order valence-corrected chi connectivity index (χ4v) is 2.90. The molecule has 0 saturated heterocycles. The molecule has 0 spiro atoms. The average Bonchev–Trinajstić information content (AvgIpc) is 2.44. The second kappa shape index (κ2) is 7.87. The van der Waals surface area contributed by atoms with Crippen molar-refractivity contribution in [1.29, 1.82) is 0 Å². The molecule has 116 valence electrons. The predicted molar refractivity (Wildman–Crippen MR) is 82.6 cm³/mol. The Labute approximate surface area is 132 Å². The van der Waals surface area contributed by atoms with Gasteiger partial charge in [0.2, 0.25) is 0 Å². The molecule has 1 aromatic carbocycles. The molecule has 0 bridgehead atoms. The van der Waals surface area contributed by atoms with E-state index in [0.29, 0.717) is 29.2 Å². The Kier molecular flexibility index (Phi) is 6.14. The van der Waals surface area contributed by atoms with E-state index in [9.17, 15) is 9.18 Å². The number of rotatable bonds is 5. The molecule has 3 N–H and O–H groups in total. The van der Waals surface area contributed by atoms with Crippen molar-refractivity contribution < 1.29 is 13.9 Å². The third-order valence-electron chi connectivity index (χ3n) is 3.58. The van der Waals surface area contributed by atoms with E-state index in [1.165, 1.54) is 12.1 Å². The summed E-state index contributed by atoms with van der Waals surface area (Å²) in [7, 11) is 0. The fraction of sp³-hybridized carbons (Fsp3) is 0.533. The Balaban J connectivity index is 1.69. The number of hydrogen-bond acceptors (Lipinski definition) is 3. The van der Waals surface area contributed by atoms with Crippen molar-refractivity contribution in [2.75, 3.05) is 13.2 Å². The van der Waals surface area contributed by atoms with Gasteiger partial charge in [0.25, 0.3) is 5.91 Å². The number of ether oxygens (including phenoxy) is 1. The summed E-state index contributed by atoms with van der Waals surface area (Å²) in [6.45, 7) is 0.873. The first-order chi connectivity index (χ1) is 10.0. The molecular formula is C15H20BrFN2O2. The second-order valence-electron chi connectivity index (χ2n) is 5.32. The summed E-state index contributed by atoms with van der Waals surface area (Å²) in [4.78, 5) is 11.9. The summed E-state index contributed by atoms with van der Waals surface area (Å²) in [5.41, 5.74) is 6.13. The Bertz CT molecular complexity index is 470. The molecule has 0 aliphatic heterocycles. The molecule has 2 rings (SSSR count). The van der Waals surface area contributed by atoms with E-state index >= 15 is 0 Å². The first-order valence-electron chi connectivity index (χ1n) is 7.16. The van der Waals surface area contributed by atoms with Crippen molar-refractivity contribution in [2.45, 2.75) is 37.8 Å². The zero-order valence-corrected chi connectivity index (χ0v) is 13.4. The van der Waals surface area contributed by atoms with Crippen LogP contribution in [0.5, 0.6) is 0 Å². The third-order valence-corrected chi connectivity index (χ3v) is 4.04. The number of carbonyl (C=O) groups is 1. The van der Waals surface area contributed by atoms with Gasteiger partial charge in [0.1, 0.15) is 5.82 Å². The number of nitrogens with two attached hydrogens (primary N) is 1. The fourth-order valence-electron chi connectivity index (χ4n) is 2.43. The summed E-state index contributed by atoms with van der Waals surface area (Å²) in [5, 5.41) is 2.73. The molecule has 1 aliphatic rings. The van der Waals surface area contributed by atoms with Crippen LogP contribution < -0.4 is 11.1 Å². The molecular weight excluding hydrogens is 339 g/mol. The van der Waals surface area contributed by atoms with Gasteiger partial charge in [-0.25, -0.2) is 4.39 Å². The highest BCUT2D eigenvalue weighted by Crippen LogP contribution is 2.19. The van der Waals surface area contributed by atoms with Crippen LogP contribution in [0.4, 0.5) is 4.39 Å². The molecule has 0 aromatic heterocycles. The minimum atomic E-state index is -0.440. The van der Waals surface area contributed by atoms with E-state index in [1.54, 1.807) is 6.07 Å². The maximum Gasteiger partial charge on any atom is 0.251 e. The summed E-state index contributed by atoms with van der Waals surface area (Å²) < 4.78 is 19.5. The quantitative estimate of drug-likeness (QED) is 0.795. The lowest BCUT2D eigenvalue weighted by molar-refractivity contribution is 0.0267. The molecule has 0 radical (unpaired) electrons. The van der Waals surface area contributed by atoms with Gasteiger partial charge in [-0.1, -0.05) is 15.9 Å². The molecule has 0 atom stereocenters. The molecule has 4 nitrogen and oxygen atoms in total. The lowest BCUT2D eigenvalue weighted by Crippen LogP contribution is -2.33. The van der Waals surface area contributed by atoms with E-state index in [0.717, 1.165) is 25.7 Å². The van der Waals surface area contributed by atoms with Gasteiger partial charge in [0.05, 0.1) is 12.7 Å². The monoisotopic (exact) mass is 358 g/mol. The topological polar surface area (TPSA) is 64.3 Å². The van der Waals surface area contributed by atoms with E-state index in [4.69, 9.17) is 10.5 Å². The molecule has 1 aliphatic carbocycles. The molecule has 6 heteroatoms. The molecule has 0 unspecified atom stereocenters. The zero-order chi connectivity index (χ0) is 15.2. The summed E-state index contributed by atoms with van der Waals surface area (Å²) in [6.07, 6.45) is 4.19. The predicted octanol–water partition coefficient (Wildman–Crippen LogP) is 2.60. The van der Waals surface area contributed by atoms with E-state index < -0.39 is 5.82 Å². The Morgan fingerprint density at radius 3 is 2.71 bits per heavy atom. The lowest BCUT2D eigenvalue weighted by atomic mass is 9.94. The van der Waals surface area contributed by atoms with Crippen LogP contribution in [0, 0.1) is 5.82 Å². The number of amides is 1. The van der Waals surface area contributed by atoms with Crippen LogP contribution in [0.15, 0.2) is 22.7 Å². The third kappa shape index (κ3) is 5.37. The van der Waals surface area contributed by atoms with Crippen molar-refractivity contribution in [2.24, 2.45) is 5.73 Å². The SMILES string of the molecule is NC1CCC(OCCNC(=O)c2cc(F)cc(Br)c2)CC1. The summed E-state index contributed by atoms with van der Waals surface area (Å²) in [6, 6.07) is 4.41. The molecule has 1 amide bonds. The van der Waals surface area contributed by atoms with Crippen molar-refractivity contribution in [1.82, 2.24) is 5.32 Å². The molecule has 1 saturated carbocycles. The minimum Gasteiger partial charge on any atom is -0.376 e. The van der Waals surface area contributed by atoms with Gasteiger partial charge in [0.15, 0.2) is 0 Å². The highest BCUT2D eigenvalue weighted by atomic mass is 79.9. The maximum atomic E-state index is 13.2. The first kappa shape index (κ1) is 16.4. The van der Waals surface area contributed by atoms with Gasteiger partial charge in [-0.3, -0.25) is 4.79 Å². The largest absolute Gasteiger partial charge is 0.376 e. The Hall–Kier alpha value is -0.980. The van der Waals surface area contributed by atoms with E-state index in [2.05, 4.69) is 21.2 Å². The van der Waals surface area contributed by atoms with Gasteiger partial charge >= 0.3 is 0 Å². The maximum absolute atomic E-state index is 13.2. The van der Waals surface area contributed by atoms with Gasteiger partial charge in [-0.05, 0) is 43.9 Å². The van der Waals surface area contributed by atoms with Gasteiger partial charge in [-0.15, -0.1) is 0 Å². The molecule has 1 fully saturated rings. The normalized spacial score (nSPS) is 22.0. The number of benzene rings is 1. The number of nitrogens with one attached hydrogen (secondary N) is 1. The number of carbonyl (C=O) groups excluding carboxylic acids is 1. The van der Waals surface area contributed by atoms with Crippen LogP contribution in [0.2, 0.25) is 0 Å². The second-order valence-corrected chi connectivity index (χ2v) is 6.24. The van der Waals surface area contributed by atoms with Gasteiger partial charge < -0.3 is 15.8 Å². The summed E-state index contributed by atoms with van der Waals surface area (Å²) >= 11 is 3.17. The van der Waals surface area contributed by atoms with Crippen LogP contribution in [-0.4, -0.2) is 31.2 Å². The van der Waals surface area contributed by atoms with Crippen molar-refractivity contribution >= 4 is 21.8 Å². The highest BCUT2D eigenvalue weighted by molar-refractivity contribution is 9.10. The molecule has 0 heterocycles. The standard InChI is InChI=1S/C15H20BrFN2O2/c16-11-7-10(8-12(17)9-11)15(20)19-5-6-21-14-3-1-13(18)2-4-14/h7-9,13-14H,1-6,18H2,(H,19,20). The van der Waals surface area contributed by atoms with Crippen LogP contribution >= 0.6 is 15.9 Å². The van der Waals surface area contributed by atoms with Crippen molar-refractivity contribution in [3.8, 4) is 0 Å². The Morgan fingerprint density at radius 2 is 2.05 bits per heavy atom. The number of halogens is 2. The smallest absolute Gasteiger partial charge is 0.251 e. The van der Waals surface area contributed by atoms with Crippen molar-refractivity contribution in [3.63, 3.8) is 0 Å². The number of hydrogen-bond donors (Lipinski definition) is 2. The first-order valence-corrected chi connectivity index (χ1v) is 7.95. The van der Waals surface area contributed by atoms with E-state index in [-0.39, 0.29) is 12.0 Å². The zero-order valence-electron chi connectivity index (χ0n) is 11.8. The Morgan fingerprint density at radius 1 is 1.33 bits per heavy atom. The van der Waals surface area contributed by atoms with Crippen LogP contribution in [-0.2, 0) is 4.74 Å². The molecule has 1 aromatic rings. The minimum absolute atomic E-state index is 0.241. The molecule has 21 heavy (non-hydrogen) atoms. The van der Waals surface area contributed by atoms with Gasteiger partial charge in [-0.2, -0.15) is 0 Å². The van der Waals surface area contributed by atoms with Crippen molar-refractivity contribution in [3.05, 3.63) is 34.1 Å². The average molecular weight is 359 g/mol. The van der Waals surface area contributed by atoms with E-state index in [1.807, 2.05) is 0 Å². The van der Waals surface area contributed by atoms with Crippen LogP contribution in [0.1, 0.15) is 36.0 Å². The van der Waals surface area contributed by atoms with Gasteiger partial charge in [0, 0.05) is 22.6 Å². The van der Waals surface area contributed by atoms with Crippen LogP contribution in [0.25, 0.3) is 0 Å². The lowest BCUT2D eigenvalue weighted by Gasteiger charge is -2.26.